The number of carbonyl (C=O) groups is 3. The minimum absolute atomic E-state index is 0.00763. The SMILES string of the molecule is COC(=O)[C@]12CCC(C)(C)C[C@H]1C1C(=O)C=C3[C@@]4(C)C=C(Br)C(=O)C(C)(C)[C@@H]4CC[C@@]3(C)[C@]1(C)CC2. The third-order valence-corrected chi connectivity index (χ3v) is 12.9. The molecule has 5 rings (SSSR count). The van der Waals surface area contributed by atoms with Crippen LogP contribution in [-0.4, -0.2) is 24.6 Å². The van der Waals surface area contributed by atoms with Crippen molar-refractivity contribution in [3.05, 3.63) is 22.2 Å². The van der Waals surface area contributed by atoms with Crippen LogP contribution in [0.5, 0.6) is 0 Å². The predicted molar refractivity (Wildman–Crippen MR) is 144 cm³/mol. The number of allylic oxidation sites excluding steroid dienone is 4. The predicted octanol–water partition coefficient (Wildman–Crippen LogP) is 7.21. The normalized spacial score (nSPS) is 46.9. The first-order valence-electron chi connectivity index (χ1n) is 13.8. The smallest absolute Gasteiger partial charge is 0.312 e. The van der Waals surface area contributed by atoms with Gasteiger partial charge in [-0.15, -0.1) is 0 Å². The number of methoxy groups -OCH3 is 1. The van der Waals surface area contributed by atoms with Gasteiger partial charge in [-0.2, -0.15) is 0 Å². The molecule has 0 heterocycles. The molecule has 7 atom stereocenters. The average molecular weight is 560 g/mol. The van der Waals surface area contributed by atoms with E-state index in [0.29, 0.717) is 4.48 Å². The van der Waals surface area contributed by atoms with E-state index in [1.807, 2.05) is 6.08 Å². The minimum Gasteiger partial charge on any atom is -0.469 e. The van der Waals surface area contributed by atoms with Gasteiger partial charge in [0.15, 0.2) is 11.6 Å². The first kappa shape index (κ1) is 26.4. The standard InChI is InChI=1S/C31H43BrO4/c1-26(2)11-13-31(25(35)36-8)14-12-30(7)23(18(31)16-26)20(33)15-22-28(5)17-19(32)24(34)27(3,4)21(28)9-10-29(22,30)6/h15,17-18,21,23H,9-14,16H2,1-8H3/t18-,21-,23?,28-,29+,30+,31-/m0/s1. The van der Waals surface area contributed by atoms with Crippen molar-refractivity contribution in [2.45, 2.75) is 93.4 Å². The number of esters is 1. The summed E-state index contributed by atoms with van der Waals surface area (Å²) in [5, 5.41) is 0. The van der Waals surface area contributed by atoms with Gasteiger partial charge in [0.25, 0.3) is 0 Å². The fraction of sp³-hybridized carbons (Fsp3) is 0.774. The lowest BCUT2D eigenvalue weighted by Gasteiger charge is -2.68. The van der Waals surface area contributed by atoms with E-state index < -0.39 is 10.8 Å². The van der Waals surface area contributed by atoms with Gasteiger partial charge in [-0.25, -0.2) is 0 Å². The Bertz CT molecular complexity index is 1110. The zero-order valence-electron chi connectivity index (χ0n) is 23.3. The molecule has 4 nitrogen and oxygen atoms in total. The minimum atomic E-state index is -0.560. The molecule has 3 saturated carbocycles. The third-order valence-electron chi connectivity index (χ3n) is 12.3. The molecule has 0 amide bonds. The summed E-state index contributed by atoms with van der Waals surface area (Å²) >= 11 is 3.60. The molecule has 0 bridgehead atoms. The highest BCUT2D eigenvalue weighted by molar-refractivity contribution is 9.12. The molecule has 0 aromatic heterocycles. The topological polar surface area (TPSA) is 60.4 Å². The molecule has 36 heavy (non-hydrogen) atoms. The molecule has 0 aliphatic heterocycles. The van der Waals surface area contributed by atoms with Crippen LogP contribution in [0.1, 0.15) is 93.4 Å². The summed E-state index contributed by atoms with van der Waals surface area (Å²) in [6, 6.07) is 0. The van der Waals surface area contributed by atoms with Gasteiger partial charge in [0.2, 0.25) is 0 Å². The Labute approximate surface area is 225 Å². The van der Waals surface area contributed by atoms with E-state index in [2.05, 4.69) is 70.5 Å². The maximum atomic E-state index is 14.3. The van der Waals surface area contributed by atoms with Crippen molar-refractivity contribution in [1.29, 1.82) is 0 Å². The van der Waals surface area contributed by atoms with Crippen molar-refractivity contribution >= 4 is 33.5 Å². The van der Waals surface area contributed by atoms with Crippen LogP contribution in [0.2, 0.25) is 0 Å². The van der Waals surface area contributed by atoms with Crippen molar-refractivity contribution < 1.29 is 19.1 Å². The van der Waals surface area contributed by atoms with E-state index >= 15 is 0 Å². The van der Waals surface area contributed by atoms with Gasteiger partial charge in [-0.1, -0.05) is 60.1 Å². The number of carbonyl (C=O) groups excluding carboxylic acids is 3. The van der Waals surface area contributed by atoms with Gasteiger partial charge in [0.1, 0.15) is 0 Å². The van der Waals surface area contributed by atoms with E-state index in [-0.39, 0.29) is 56.9 Å². The first-order valence-corrected chi connectivity index (χ1v) is 14.6. The summed E-state index contributed by atoms with van der Waals surface area (Å²) in [7, 11) is 1.50. The number of fused-ring (bicyclic) bond motifs is 7. The van der Waals surface area contributed by atoms with Crippen molar-refractivity contribution in [3.8, 4) is 0 Å². The van der Waals surface area contributed by atoms with E-state index in [1.165, 1.54) is 12.7 Å². The Morgan fingerprint density at radius 2 is 1.61 bits per heavy atom. The summed E-state index contributed by atoms with van der Waals surface area (Å²) < 4.78 is 6.06. The van der Waals surface area contributed by atoms with E-state index in [9.17, 15) is 14.4 Å². The number of Topliss-reactive ketones (excluding diaryl/α,β-unsaturated/α-hetero) is 1. The fourth-order valence-electron chi connectivity index (χ4n) is 10.0. The second-order valence-corrected chi connectivity index (χ2v) is 15.6. The van der Waals surface area contributed by atoms with Crippen LogP contribution in [0.4, 0.5) is 0 Å². The van der Waals surface area contributed by atoms with Crippen LogP contribution < -0.4 is 0 Å². The highest BCUT2D eigenvalue weighted by atomic mass is 79.9. The lowest BCUT2D eigenvalue weighted by atomic mass is 9.34. The van der Waals surface area contributed by atoms with Crippen LogP contribution in [-0.2, 0) is 19.1 Å². The molecule has 5 aliphatic rings. The van der Waals surface area contributed by atoms with Gasteiger partial charge in [0.05, 0.1) is 17.0 Å². The van der Waals surface area contributed by atoms with Gasteiger partial charge in [-0.05, 0) is 95.0 Å². The van der Waals surface area contributed by atoms with Crippen molar-refractivity contribution in [1.82, 2.24) is 0 Å². The molecule has 0 saturated heterocycles. The Balaban J connectivity index is 1.69. The summed E-state index contributed by atoms with van der Waals surface area (Å²) in [5.74, 6) is 0.175. The quantitative estimate of drug-likeness (QED) is 0.319. The Morgan fingerprint density at radius 3 is 2.25 bits per heavy atom. The lowest BCUT2D eigenvalue weighted by molar-refractivity contribution is -0.191. The number of ketones is 2. The van der Waals surface area contributed by atoms with Crippen LogP contribution in [0.15, 0.2) is 22.2 Å². The fourth-order valence-corrected chi connectivity index (χ4v) is 11.0. The Morgan fingerprint density at radius 1 is 0.972 bits per heavy atom. The summed E-state index contributed by atoms with van der Waals surface area (Å²) in [6.07, 6.45) is 10.3. The Hall–Kier alpha value is -1.23. The largest absolute Gasteiger partial charge is 0.469 e. The maximum Gasteiger partial charge on any atom is 0.312 e. The lowest BCUT2D eigenvalue weighted by Crippen LogP contribution is -2.65. The van der Waals surface area contributed by atoms with Crippen LogP contribution in [0.3, 0.4) is 0 Å². The van der Waals surface area contributed by atoms with Crippen LogP contribution >= 0.6 is 15.9 Å². The molecular formula is C31H43BrO4. The van der Waals surface area contributed by atoms with Gasteiger partial charge in [-0.3, -0.25) is 14.4 Å². The van der Waals surface area contributed by atoms with E-state index in [1.54, 1.807) is 0 Å². The average Bonchev–Trinajstić information content (AvgIpc) is 2.78. The third kappa shape index (κ3) is 3.07. The molecule has 3 fully saturated rings. The van der Waals surface area contributed by atoms with Crippen molar-refractivity contribution in [2.75, 3.05) is 7.11 Å². The monoisotopic (exact) mass is 558 g/mol. The van der Waals surface area contributed by atoms with E-state index in [4.69, 9.17) is 4.74 Å². The number of halogens is 1. The molecule has 198 valence electrons. The van der Waals surface area contributed by atoms with Crippen molar-refractivity contribution in [3.63, 3.8) is 0 Å². The summed E-state index contributed by atoms with van der Waals surface area (Å²) in [4.78, 5) is 40.9. The van der Waals surface area contributed by atoms with Gasteiger partial charge in [0, 0.05) is 16.7 Å². The van der Waals surface area contributed by atoms with Gasteiger partial charge >= 0.3 is 5.97 Å². The summed E-state index contributed by atoms with van der Waals surface area (Å²) in [6.45, 7) is 15.7. The first-order chi connectivity index (χ1) is 16.5. The molecule has 5 heteroatoms. The summed E-state index contributed by atoms with van der Waals surface area (Å²) in [5.41, 5.74) is -0.551. The zero-order chi connectivity index (χ0) is 26.7. The Kier molecular flexibility index (Phi) is 5.62. The molecule has 0 radical (unpaired) electrons. The number of hydrogen-bond donors (Lipinski definition) is 0. The van der Waals surface area contributed by atoms with Gasteiger partial charge < -0.3 is 4.74 Å². The molecular weight excluding hydrogens is 516 g/mol. The second-order valence-electron chi connectivity index (χ2n) is 14.7. The number of hydrogen-bond acceptors (Lipinski definition) is 4. The van der Waals surface area contributed by atoms with Crippen molar-refractivity contribution in [2.24, 2.45) is 50.2 Å². The molecule has 0 aromatic rings. The molecule has 0 N–H and O–H groups in total. The molecule has 1 unspecified atom stereocenters. The molecule has 0 aromatic carbocycles. The van der Waals surface area contributed by atoms with Crippen LogP contribution in [0, 0.1) is 50.2 Å². The highest BCUT2D eigenvalue weighted by Crippen LogP contribution is 2.74. The molecule has 5 aliphatic carbocycles. The maximum absolute atomic E-state index is 14.3. The van der Waals surface area contributed by atoms with Crippen LogP contribution in [0.25, 0.3) is 0 Å². The molecule has 0 spiro atoms. The van der Waals surface area contributed by atoms with E-state index in [0.717, 1.165) is 44.9 Å². The second kappa shape index (κ2) is 7.67. The highest BCUT2D eigenvalue weighted by Gasteiger charge is 2.71. The number of rotatable bonds is 1. The zero-order valence-corrected chi connectivity index (χ0v) is 24.9. The number of ether oxygens (including phenoxy) is 1.